The molecule has 0 aromatic carbocycles. The van der Waals surface area contributed by atoms with Gasteiger partial charge in [-0.2, -0.15) is 5.10 Å². The molecule has 0 fully saturated rings. The number of nitrogens with one attached hydrogen (secondary N) is 1. The summed E-state index contributed by atoms with van der Waals surface area (Å²) >= 11 is 0. The normalized spacial score (nSPS) is 10.8. The lowest BCUT2D eigenvalue weighted by atomic mass is 10.2. The second-order valence-corrected chi connectivity index (χ2v) is 4.82. The summed E-state index contributed by atoms with van der Waals surface area (Å²) in [5.41, 5.74) is 7.15. The van der Waals surface area contributed by atoms with E-state index >= 15 is 0 Å². The maximum absolute atomic E-state index is 12.1. The lowest BCUT2D eigenvalue weighted by Gasteiger charge is -2.09. The number of hydrogen-bond acceptors (Lipinski definition) is 5. The van der Waals surface area contributed by atoms with E-state index in [0.29, 0.717) is 12.4 Å². The molecule has 2 aromatic rings. The summed E-state index contributed by atoms with van der Waals surface area (Å²) in [6.07, 6.45) is 3.15. The Morgan fingerprint density at radius 2 is 2.25 bits per heavy atom. The summed E-state index contributed by atoms with van der Waals surface area (Å²) in [7, 11) is 1.82. The molecule has 0 aliphatic rings. The Morgan fingerprint density at radius 3 is 2.85 bits per heavy atom. The third kappa shape index (κ3) is 2.93. The molecular weight excluding hydrogens is 256 g/mol. The Labute approximate surface area is 117 Å². The maximum atomic E-state index is 12.1. The molecule has 3 N–H and O–H groups in total. The van der Waals surface area contributed by atoms with Gasteiger partial charge in [-0.15, -0.1) is 0 Å². The first kappa shape index (κ1) is 14.0. The summed E-state index contributed by atoms with van der Waals surface area (Å²) in [5, 5.41) is 6.82. The molecule has 0 unspecified atom stereocenters. The van der Waals surface area contributed by atoms with Crippen LogP contribution in [0, 0.1) is 0 Å². The predicted molar refractivity (Wildman–Crippen MR) is 74.9 cm³/mol. The van der Waals surface area contributed by atoms with Crippen molar-refractivity contribution in [1.29, 1.82) is 0 Å². The lowest BCUT2D eigenvalue weighted by molar-refractivity contribution is 0.0945. The van der Waals surface area contributed by atoms with Gasteiger partial charge in [0.1, 0.15) is 5.82 Å². The van der Waals surface area contributed by atoms with Gasteiger partial charge in [-0.05, 0) is 6.07 Å². The number of aromatic nitrogens is 4. The van der Waals surface area contributed by atoms with Crippen LogP contribution in [0.25, 0.3) is 0 Å². The number of rotatable bonds is 4. The number of carbonyl (C=O) groups is 1. The van der Waals surface area contributed by atoms with Crippen LogP contribution in [0.3, 0.4) is 0 Å². The minimum atomic E-state index is -0.312. The fraction of sp³-hybridized carbons (Fsp3) is 0.385. The van der Waals surface area contributed by atoms with E-state index in [1.165, 1.54) is 6.20 Å². The smallest absolute Gasteiger partial charge is 0.272 e. The van der Waals surface area contributed by atoms with Gasteiger partial charge < -0.3 is 11.1 Å². The lowest BCUT2D eigenvalue weighted by Crippen LogP contribution is -2.26. The summed E-state index contributed by atoms with van der Waals surface area (Å²) < 4.78 is 1.70. The summed E-state index contributed by atoms with van der Waals surface area (Å²) in [6, 6.07) is 1.84. The zero-order valence-electron chi connectivity index (χ0n) is 11.8. The fourth-order valence-electron chi connectivity index (χ4n) is 1.69. The zero-order chi connectivity index (χ0) is 14.7. The van der Waals surface area contributed by atoms with E-state index < -0.39 is 0 Å². The molecule has 20 heavy (non-hydrogen) atoms. The molecule has 2 aromatic heterocycles. The average Bonchev–Trinajstić information content (AvgIpc) is 2.81. The monoisotopic (exact) mass is 274 g/mol. The molecule has 106 valence electrons. The van der Waals surface area contributed by atoms with Crippen molar-refractivity contribution in [2.24, 2.45) is 7.05 Å². The van der Waals surface area contributed by atoms with Gasteiger partial charge in [0.15, 0.2) is 5.69 Å². The minimum Gasteiger partial charge on any atom is -0.396 e. The van der Waals surface area contributed by atoms with Gasteiger partial charge in [-0.3, -0.25) is 9.48 Å². The van der Waals surface area contributed by atoms with Crippen molar-refractivity contribution >= 4 is 11.6 Å². The summed E-state index contributed by atoms with van der Waals surface area (Å²) in [5.74, 6) is 0.428. The van der Waals surface area contributed by atoms with Gasteiger partial charge in [0, 0.05) is 19.2 Å². The fourth-order valence-corrected chi connectivity index (χ4v) is 1.69. The number of nitrogens with two attached hydrogens (primary N) is 1. The van der Waals surface area contributed by atoms with Gasteiger partial charge >= 0.3 is 0 Å². The number of nitrogens with zero attached hydrogens (tertiary/aromatic N) is 4. The van der Waals surface area contributed by atoms with E-state index in [2.05, 4.69) is 20.4 Å². The highest BCUT2D eigenvalue weighted by molar-refractivity contribution is 5.96. The van der Waals surface area contributed by atoms with Gasteiger partial charge in [0.05, 0.1) is 24.1 Å². The van der Waals surface area contributed by atoms with Crippen LogP contribution >= 0.6 is 0 Å². The van der Waals surface area contributed by atoms with Crippen molar-refractivity contribution in [2.45, 2.75) is 26.3 Å². The number of carbonyl (C=O) groups excluding carboxylic acids is 1. The van der Waals surface area contributed by atoms with Crippen LogP contribution < -0.4 is 11.1 Å². The van der Waals surface area contributed by atoms with Crippen molar-refractivity contribution in [2.75, 3.05) is 5.73 Å². The second kappa shape index (κ2) is 5.68. The number of nitrogen functional groups attached to an aromatic ring is 1. The van der Waals surface area contributed by atoms with Crippen LogP contribution in [0.2, 0.25) is 0 Å². The Morgan fingerprint density at radius 1 is 1.50 bits per heavy atom. The molecule has 2 rings (SSSR count). The Balaban J connectivity index is 2.13. The third-order valence-corrected chi connectivity index (χ3v) is 2.92. The topological polar surface area (TPSA) is 98.7 Å². The Bertz CT molecular complexity index is 619. The molecule has 0 saturated carbocycles. The van der Waals surface area contributed by atoms with Crippen LogP contribution in [-0.4, -0.2) is 25.7 Å². The number of aryl methyl sites for hydroxylation is 1. The Kier molecular flexibility index (Phi) is 3.97. The molecule has 2 heterocycles. The molecule has 0 atom stereocenters. The van der Waals surface area contributed by atoms with Crippen LogP contribution in [-0.2, 0) is 13.6 Å². The molecular formula is C13H18N6O. The number of amides is 1. The predicted octanol–water partition coefficient (Wildman–Crippen LogP) is 0.846. The van der Waals surface area contributed by atoms with Crippen molar-refractivity contribution in [3.8, 4) is 0 Å². The molecule has 1 amide bonds. The molecule has 0 spiro atoms. The van der Waals surface area contributed by atoms with Crippen molar-refractivity contribution in [3.63, 3.8) is 0 Å². The first-order valence-electron chi connectivity index (χ1n) is 6.36. The highest BCUT2D eigenvalue weighted by Crippen LogP contribution is 2.13. The SMILES string of the molecule is CC(C)c1ncc(N)c(C(=O)NCc2ccnn2C)n1. The molecule has 7 nitrogen and oxygen atoms in total. The minimum absolute atomic E-state index is 0.138. The molecule has 0 radical (unpaired) electrons. The molecule has 0 bridgehead atoms. The Hall–Kier alpha value is -2.44. The highest BCUT2D eigenvalue weighted by Gasteiger charge is 2.15. The van der Waals surface area contributed by atoms with E-state index in [-0.39, 0.29) is 23.2 Å². The quantitative estimate of drug-likeness (QED) is 0.861. The number of hydrogen-bond donors (Lipinski definition) is 2. The molecule has 0 saturated heterocycles. The van der Waals surface area contributed by atoms with E-state index in [4.69, 9.17) is 5.73 Å². The summed E-state index contributed by atoms with van der Waals surface area (Å²) in [4.78, 5) is 20.5. The van der Waals surface area contributed by atoms with Crippen LogP contribution in [0.4, 0.5) is 5.69 Å². The van der Waals surface area contributed by atoms with Crippen LogP contribution in [0.1, 0.15) is 41.8 Å². The van der Waals surface area contributed by atoms with Gasteiger partial charge in [-0.1, -0.05) is 13.8 Å². The van der Waals surface area contributed by atoms with Crippen LogP contribution in [0.15, 0.2) is 18.5 Å². The first-order chi connectivity index (χ1) is 9.49. The van der Waals surface area contributed by atoms with Gasteiger partial charge in [-0.25, -0.2) is 9.97 Å². The largest absolute Gasteiger partial charge is 0.396 e. The standard InChI is InChI=1S/C13H18N6O/c1-8(2)12-15-7-10(14)11(18-12)13(20)16-6-9-4-5-17-19(9)3/h4-5,7-8H,6,14H2,1-3H3,(H,16,20). The molecule has 7 heteroatoms. The maximum Gasteiger partial charge on any atom is 0.272 e. The van der Waals surface area contributed by atoms with Crippen molar-refractivity contribution in [1.82, 2.24) is 25.1 Å². The van der Waals surface area contributed by atoms with Gasteiger partial charge in [0.2, 0.25) is 0 Å². The number of anilines is 1. The van der Waals surface area contributed by atoms with Gasteiger partial charge in [0.25, 0.3) is 5.91 Å². The zero-order valence-corrected chi connectivity index (χ0v) is 11.8. The van der Waals surface area contributed by atoms with E-state index in [1.54, 1.807) is 10.9 Å². The van der Waals surface area contributed by atoms with Crippen molar-refractivity contribution in [3.05, 3.63) is 35.7 Å². The highest BCUT2D eigenvalue weighted by atomic mass is 16.1. The second-order valence-electron chi connectivity index (χ2n) is 4.82. The molecule has 0 aliphatic carbocycles. The van der Waals surface area contributed by atoms with Crippen molar-refractivity contribution < 1.29 is 4.79 Å². The average molecular weight is 274 g/mol. The molecule has 0 aliphatic heterocycles. The first-order valence-corrected chi connectivity index (χ1v) is 6.36. The van der Waals surface area contributed by atoms with E-state index in [9.17, 15) is 4.79 Å². The third-order valence-electron chi connectivity index (χ3n) is 2.92. The summed E-state index contributed by atoms with van der Waals surface area (Å²) in [6.45, 7) is 4.29. The van der Waals surface area contributed by atoms with E-state index in [1.807, 2.05) is 27.0 Å². The van der Waals surface area contributed by atoms with E-state index in [0.717, 1.165) is 5.69 Å². The van der Waals surface area contributed by atoms with Crippen LogP contribution in [0.5, 0.6) is 0 Å².